The summed E-state index contributed by atoms with van der Waals surface area (Å²) in [5.74, 6) is 0.767. The van der Waals surface area contributed by atoms with Crippen molar-refractivity contribution in [3.63, 3.8) is 0 Å². The first-order valence-electron chi connectivity index (χ1n) is 8.40. The third-order valence-electron chi connectivity index (χ3n) is 4.02. The Labute approximate surface area is 167 Å². The molecule has 1 N–H and O–H groups in total. The predicted octanol–water partition coefficient (Wildman–Crippen LogP) is 5.00. The van der Waals surface area contributed by atoms with E-state index in [4.69, 9.17) is 0 Å². The van der Waals surface area contributed by atoms with Gasteiger partial charge in [0.15, 0.2) is 0 Å². The minimum Gasteiger partial charge on any atom is -0.279 e. The number of nitro benzene ring substituents is 1. The number of rotatable bonds is 7. The fourth-order valence-electron chi connectivity index (χ4n) is 2.58. The fourth-order valence-corrected chi connectivity index (χ4v) is 4.61. The molecule has 0 heterocycles. The summed E-state index contributed by atoms with van der Waals surface area (Å²) in [5.41, 5.74) is 2.03. The number of sulfonamides is 1. The molecule has 0 aliphatic rings. The molecule has 3 rings (SSSR count). The molecule has 0 spiro atoms. The van der Waals surface area contributed by atoms with Crippen LogP contribution in [-0.4, -0.2) is 13.3 Å². The minimum absolute atomic E-state index is 0.148. The van der Waals surface area contributed by atoms with Crippen molar-refractivity contribution in [2.75, 3.05) is 4.72 Å². The van der Waals surface area contributed by atoms with E-state index in [-0.39, 0.29) is 10.6 Å². The summed E-state index contributed by atoms with van der Waals surface area (Å²) in [6.07, 6.45) is 0. The van der Waals surface area contributed by atoms with E-state index < -0.39 is 14.9 Å². The van der Waals surface area contributed by atoms with Crippen LogP contribution in [0, 0.1) is 17.0 Å². The van der Waals surface area contributed by atoms with Crippen molar-refractivity contribution in [3.05, 3.63) is 94.0 Å². The van der Waals surface area contributed by atoms with Gasteiger partial charge in [-0.25, -0.2) is 8.42 Å². The Morgan fingerprint density at radius 3 is 2.43 bits per heavy atom. The number of hydrogen-bond acceptors (Lipinski definition) is 5. The molecule has 0 saturated heterocycles. The van der Waals surface area contributed by atoms with Crippen LogP contribution in [0.1, 0.15) is 11.1 Å². The molecule has 0 aliphatic heterocycles. The van der Waals surface area contributed by atoms with Crippen molar-refractivity contribution < 1.29 is 13.3 Å². The molecule has 0 saturated carbocycles. The van der Waals surface area contributed by atoms with Crippen LogP contribution in [0.3, 0.4) is 0 Å². The highest BCUT2D eigenvalue weighted by Crippen LogP contribution is 2.26. The topological polar surface area (TPSA) is 89.3 Å². The number of thioether (sulfide) groups is 1. The molecule has 0 fully saturated rings. The van der Waals surface area contributed by atoms with E-state index in [0.29, 0.717) is 5.69 Å². The van der Waals surface area contributed by atoms with E-state index in [1.165, 1.54) is 18.2 Å². The number of benzene rings is 3. The standard InChI is InChI=1S/C20H18N2O4S2/c1-15-12-16(14-27-18-7-3-2-4-8-18)10-11-20(15)21-28(25,26)19-9-5-6-17(13-19)22(23)24/h2-13,21H,14H2,1H3. The Balaban J connectivity index is 1.75. The number of nitrogens with one attached hydrogen (secondary N) is 1. The van der Waals surface area contributed by atoms with Gasteiger partial charge < -0.3 is 0 Å². The molecule has 0 aliphatic carbocycles. The smallest absolute Gasteiger partial charge is 0.270 e. The lowest BCUT2D eigenvalue weighted by molar-refractivity contribution is -0.385. The van der Waals surface area contributed by atoms with E-state index in [9.17, 15) is 18.5 Å². The molecule has 6 nitrogen and oxygen atoms in total. The number of anilines is 1. The zero-order valence-corrected chi connectivity index (χ0v) is 16.7. The zero-order valence-electron chi connectivity index (χ0n) is 15.0. The van der Waals surface area contributed by atoms with E-state index in [1.54, 1.807) is 17.8 Å². The maximum absolute atomic E-state index is 12.6. The van der Waals surface area contributed by atoms with E-state index in [2.05, 4.69) is 4.72 Å². The number of nitrogens with zero attached hydrogens (tertiary/aromatic N) is 1. The second-order valence-electron chi connectivity index (χ2n) is 6.11. The van der Waals surface area contributed by atoms with Crippen molar-refractivity contribution in [1.82, 2.24) is 0 Å². The maximum Gasteiger partial charge on any atom is 0.270 e. The van der Waals surface area contributed by atoms with Gasteiger partial charge in [-0.3, -0.25) is 14.8 Å². The molecule has 0 aromatic heterocycles. The second kappa shape index (κ2) is 8.45. The molecule has 0 amide bonds. The van der Waals surface area contributed by atoms with Crippen molar-refractivity contribution >= 4 is 33.2 Å². The number of hydrogen-bond donors (Lipinski definition) is 1. The van der Waals surface area contributed by atoms with Gasteiger partial charge in [-0.05, 0) is 42.3 Å². The highest BCUT2D eigenvalue weighted by molar-refractivity contribution is 7.98. The summed E-state index contributed by atoms with van der Waals surface area (Å²) in [7, 11) is -3.92. The quantitative estimate of drug-likeness (QED) is 0.334. The van der Waals surface area contributed by atoms with Crippen LogP contribution < -0.4 is 4.72 Å². The molecule has 8 heteroatoms. The molecule has 0 bridgehead atoms. The minimum atomic E-state index is -3.92. The van der Waals surface area contributed by atoms with Gasteiger partial charge in [0.25, 0.3) is 15.7 Å². The Hall–Kier alpha value is -2.84. The summed E-state index contributed by atoms with van der Waals surface area (Å²) in [5, 5.41) is 10.9. The van der Waals surface area contributed by atoms with Crippen LogP contribution >= 0.6 is 11.8 Å². The highest BCUT2D eigenvalue weighted by atomic mass is 32.2. The number of nitro groups is 1. The third-order valence-corrected chi connectivity index (χ3v) is 6.47. The lowest BCUT2D eigenvalue weighted by Crippen LogP contribution is -2.14. The van der Waals surface area contributed by atoms with Crippen LogP contribution in [0.4, 0.5) is 11.4 Å². The van der Waals surface area contributed by atoms with Gasteiger partial charge in [0.2, 0.25) is 0 Å². The van der Waals surface area contributed by atoms with Gasteiger partial charge in [-0.15, -0.1) is 11.8 Å². The molecule has 144 valence electrons. The largest absolute Gasteiger partial charge is 0.279 e. The normalized spacial score (nSPS) is 11.2. The average molecular weight is 415 g/mol. The molecule has 0 unspecified atom stereocenters. The summed E-state index contributed by atoms with van der Waals surface area (Å²) in [6.45, 7) is 1.82. The Kier molecular flexibility index (Phi) is 6.01. The number of aryl methyl sites for hydroxylation is 1. The first-order chi connectivity index (χ1) is 13.3. The SMILES string of the molecule is Cc1cc(CSc2ccccc2)ccc1NS(=O)(=O)c1cccc([N+](=O)[O-])c1. The first-order valence-corrected chi connectivity index (χ1v) is 10.9. The third kappa shape index (κ3) is 4.90. The van der Waals surface area contributed by atoms with Crippen molar-refractivity contribution in [3.8, 4) is 0 Å². The number of non-ortho nitro benzene ring substituents is 1. The lowest BCUT2D eigenvalue weighted by atomic mass is 10.1. The van der Waals surface area contributed by atoms with Crippen molar-refractivity contribution in [2.45, 2.75) is 22.5 Å². The van der Waals surface area contributed by atoms with E-state index in [1.807, 2.05) is 49.4 Å². The molecular weight excluding hydrogens is 396 g/mol. The molecule has 3 aromatic carbocycles. The van der Waals surface area contributed by atoms with Crippen molar-refractivity contribution in [2.24, 2.45) is 0 Å². The van der Waals surface area contributed by atoms with Crippen LogP contribution in [0.25, 0.3) is 0 Å². The van der Waals surface area contributed by atoms with Crippen LogP contribution in [0.15, 0.2) is 82.6 Å². The Morgan fingerprint density at radius 2 is 1.75 bits per heavy atom. The summed E-state index contributed by atoms with van der Waals surface area (Å²) >= 11 is 1.70. The molecule has 3 aromatic rings. The van der Waals surface area contributed by atoms with E-state index in [0.717, 1.165) is 27.8 Å². The predicted molar refractivity (Wildman–Crippen MR) is 111 cm³/mol. The Bertz CT molecular complexity index is 1100. The molecule has 0 radical (unpaired) electrons. The van der Waals surface area contributed by atoms with E-state index >= 15 is 0 Å². The van der Waals surface area contributed by atoms with Gasteiger partial charge in [0.05, 0.1) is 15.5 Å². The van der Waals surface area contributed by atoms with Gasteiger partial charge >= 0.3 is 0 Å². The second-order valence-corrected chi connectivity index (χ2v) is 8.84. The molecule has 28 heavy (non-hydrogen) atoms. The van der Waals surface area contributed by atoms with Crippen LogP contribution in [0.2, 0.25) is 0 Å². The summed E-state index contributed by atoms with van der Waals surface area (Å²) in [4.78, 5) is 11.3. The monoisotopic (exact) mass is 414 g/mol. The van der Waals surface area contributed by atoms with Gasteiger partial charge in [0, 0.05) is 22.8 Å². The fraction of sp³-hybridized carbons (Fsp3) is 0.100. The van der Waals surface area contributed by atoms with Crippen molar-refractivity contribution in [1.29, 1.82) is 0 Å². The average Bonchev–Trinajstić information content (AvgIpc) is 2.69. The Morgan fingerprint density at radius 1 is 1.00 bits per heavy atom. The molecule has 0 atom stereocenters. The van der Waals surface area contributed by atoms with Crippen LogP contribution in [-0.2, 0) is 15.8 Å². The van der Waals surface area contributed by atoms with Gasteiger partial charge in [-0.1, -0.05) is 36.4 Å². The highest BCUT2D eigenvalue weighted by Gasteiger charge is 2.18. The summed E-state index contributed by atoms with van der Waals surface area (Å²) in [6, 6.07) is 20.5. The zero-order chi connectivity index (χ0) is 20.1. The van der Waals surface area contributed by atoms with Crippen LogP contribution in [0.5, 0.6) is 0 Å². The van der Waals surface area contributed by atoms with Gasteiger partial charge in [0.1, 0.15) is 0 Å². The van der Waals surface area contributed by atoms with Gasteiger partial charge in [-0.2, -0.15) is 0 Å². The first kappa shape index (κ1) is 19.9. The summed E-state index contributed by atoms with van der Waals surface area (Å²) < 4.78 is 27.7. The maximum atomic E-state index is 12.6. The lowest BCUT2D eigenvalue weighted by Gasteiger charge is -2.12. The molecular formula is C20H18N2O4S2.